The molecular formula is C6H6O2. The van der Waals surface area contributed by atoms with Gasteiger partial charge in [0, 0.05) is 12.5 Å². The van der Waals surface area contributed by atoms with E-state index in [0.717, 1.165) is 0 Å². The zero-order chi connectivity index (χ0) is 6.15. The topological polar surface area (TPSA) is 34.1 Å². The number of ketones is 1. The molecule has 0 amide bonds. The van der Waals surface area contributed by atoms with Crippen molar-refractivity contribution in [3.63, 3.8) is 0 Å². The van der Waals surface area contributed by atoms with Gasteiger partial charge in [-0.1, -0.05) is 6.92 Å². The van der Waals surface area contributed by atoms with Gasteiger partial charge in [0.15, 0.2) is 11.2 Å². The van der Waals surface area contributed by atoms with Gasteiger partial charge in [-0.25, -0.2) is 0 Å². The highest BCUT2D eigenvalue weighted by Gasteiger charge is 2.14. The first-order valence-electron chi connectivity index (χ1n) is 2.55. The normalized spacial score (nSPS) is 10.1. The van der Waals surface area contributed by atoms with Crippen LogP contribution >= 0.6 is 0 Å². The van der Waals surface area contributed by atoms with Crippen LogP contribution < -0.4 is 5.43 Å². The molecule has 0 fully saturated rings. The Bertz CT molecular complexity index is 216. The summed E-state index contributed by atoms with van der Waals surface area (Å²) >= 11 is 0. The van der Waals surface area contributed by atoms with Gasteiger partial charge in [0.25, 0.3) is 0 Å². The van der Waals surface area contributed by atoms with Gasteiger partial charge in [-0.2, -0.15) is 0 Å². The van der Waals surface area contributed by atoms with Gasteiger partial charge < -0.3 is 0 Å². The van der Waals surface area contributed by atoms with E-state index in [-0.39, 0.29) is 11.2 Å². The van der Waals surface area contributed by atoms with Crippen LogP contribution in [0, 0.1) is 0 Å². The first-order valence-corrected chi connectivity index (χ1v) is 2.55. The fraction of sp³-hybridized carbons (Fsp3) is 0.333. The predicted molar refractivity (Wildman–Crippen MR) is 29.7 cm³/mol. The van der Waals surface area contributed by atoms with Crippen LogP contribution in [0.25, 0.3) is 0 Å². The quantitative estimate of drug-likeness (QED) is 0.520. The minimum atomic E-state index is -0.0862. The lowest BCUT2D eigenvalue weighted by atomic mass is 10.3. The fourth-order valence-electron chi connectivity index (χ4n) is 0.503. The monoisotopic (exact) mass is 110 g/mol. The van der Waals surface area contributed by atoms with Crippen LogP contribution in [0.1, 0.15) is 23.7 Å². The van der Waals surface area contributed by atoms with E-state index >= 15 is 0 Å². The zero-order valence-corrected chi connectivity index (χ0v) is 4.60. The molecule has 0 spiro atoms. The van der Waals surface area contributed by atoms with E-state index < -0.39 is 0 Å². The lowest BCUT2D eigenvalue weighted by Gasteiger charge is -1.77. The van der Waals surface area contributed by atoms with E-state index in [1.807, 2.05) is 0 Å². The van der Waals surface area contributed by atoms with Gasteiger partial charge in [0.2, 0.25) is 0 Å². The standard InChI is InChI=1S/C6H6O2/c1-2-5(7)4-3-6(4)8/h3H,2H2,1H3. The number of carbonyl (C=O) groups excluding carboxylic acids is 1. The number of carbonyl (C=O) groups is 1. The summed E-state index contributed by atoms with van der Waals surface area (Å²) in [7, 11) is 0. The van der Waals surface area contributed by atoms with Gasteiger partial charge in [0.05, 0.1) is 5.56 Å². The number of rotatable bonds is 2. The highest BCUT2D eigenvalue weighted by Crippen LogP contribution is 1.98. The van der Waals surface area contributed by atoms with Crippen LogP contribution in [0.15, 0.2) is 10.9 Å². The molecule has 0 unspecified atom stereocenters. The Morgan fingerprint density at radius 2 is 2.25 bits per heavy atom. The molecule has 0 N–H and O–H groups in total. The predicted octanol–water partition coefficient (Wildman–Crippen LogP) is 0.515. The highest BCUT2D eigenvalue weighted by atomic mass is 16.1. The molecule has 0 heterocycles. The second kappa shape index (κ2) is 1.54. The number of Topliss-reactive ketones (excluding diaryl/α,β-unsaturated/α-hetero) is 1. The average molecular weight is 110 g/mol. The third-order valence-electron chi connectivity index (χ3n) is 1.08. The molecule has 0 aliphatic carbocycles. The van der Waals surface area contributed by atoms with Crippen molar-refractivity contribution in [3.8, 4) is 0 Å². The van der Waals surface area contributed by atoms with Crippen molar-refractivity contribution >= 4 is 5.78 Å². The zero-order valence-electron chi connectivity index (χ0n) is 4.60. The average Bonchev–Trinajstić information content (AvgIpc) is 2.45. The van der Waals surface area contributed by atoms with Crippen molar-refractivity contribution in [2.24, 2.45) is 0 Å². The van der Waals surface area contributed by atoms with Crippen LogP contribution in [-0.2, 0) is 0 Å². The molecule has 42 valence electrons. The molecule has 0 bridgehead atoms. The Morgan fingerprint density at radius 1 is 1.75 bits per heavy atom. The van der Waals surface area contributed by atoms with Gasteiger partial charge in [-0.15, -0.1) is 0 Å². The summed E-state index contributed by atoms with van der Waals surface area (Å²) < 4.78 is 0. The van der Waals surface area contributed by atoms with Crippen molar-refractivity contribution < 1.29 is 4.79 Å². The Kier molecular flexibility index (Phi) is 1.01. The molecule has 0 aromatic heterocycles. The molecule has 1 aromatic rings. The molecule has 0 atom stereocenters. The van der Waals surface area contributed by atoms with Crippen molar-refractivity contribution in [2.75, 3.05) is 0 Å². The first kappa shape index (κ1) is 5.22. The summed E-state index contributed by atoms with van der Waals surface area (Å²) in [5.74, 6) is -0.0324. The molecule has 2 heteroatoms. The molecule has 8 heavy (non-hydrogen) atoms. The van der Waals surface area contributed by atoms with Crippen LogP contribution in [0.2, 0.25) is 0 Å². The summed E-state index contributed by atoms with van der Waals surface area (Å²) in [5.41, 5.74) is 0.310. The van der Waals surface area contributed by atoms with E-state index in [9.17, 15) is 9.59 Å². The van der Waals surface area contributed by atoms with Gasteiger partial charge in [-0.05, 0) is 0 Å². The van der Waals surface area contributed by atoms with E-state index in [4.69, 9.17) is 0 Å². The maximum atomic E-state index is 10.5. The minimum Gasteiger partial charge on any atom is -0.294 e. The number of hydrogen-bond acceptors (Lipinski definition) is 2. The van der Waals surface area contributed by atoms with Crippen LogP contribution in [-0.4, -0.2) is 5.78 Å². The molecule has 0 aliphatic rings. The van der Waals surface area contributed by atoms with E-state index in [2.05, 4.69) is 0 Å². The van der Waals surface area contributed by atoms with Gasteiger partial charge >= 0.3 is 0 Å². The Morgan fingerprint density at radius 3 is 2.38 bits per heavy atom. The highest BCUT2D eigenvalue weighted by molar-refractivity contribution is 5.98. The van der Waals surface area contributed by atoms with Gasteiger partial charge in [-0.3, -0.25) is 9.59 Å². The molecule has 0 radical (unpaired) electrons. The molecular weight excluding hydrogens is 104 g/mol. The summed E-state index contributed by atoms with van der Waals surface area (Å²) in [6, 6.07) is 1.37. The van der Waals surface area contributed by atoms with Crippen molar-refractivity contribution in [3.05, 3.63) is 21.9 Å². The van der Waals surface area contributed by atoms with Crippen molar-refractivity contribution in [1.82, 2.24) is 0 Å². The SMILES string of the molecule is CCC(=O)c1cc1=O. The summed E-state index contributed by atoms with van der Waals surface area (Å²) in [6.07, 6.45) is 0.442. The Labute approximate surface area is 46.8 Å². The van der Waals surface area contributed by atoms with E-state index in [0.29, 0.717) is 12.0 Å². The number of hydrogen-bond donors (Lipinski definition) is 0. The summed E-state index contributed by atoms with van der Waals surface area (Å²) in [4.78, 5) is 20.7. The third kappa shape index (κ3) is 0.689. The van der Waals surface area contributed by atoms with Crippen LogP contribution in [0.5, 0.6) is 0 Å². The lowest BCUT2D eigenvalue weighted by molar-refractivity contribution is 0.0991. The third-order valence-corrected chi connectivity index (χ3v) is 1.08. The molecule has 1 rings (SSSR count). The second-order valence-electron chi connectivity index (χ2n) is 1.70. The maximum absolute atomic E-state index is 10.5. The van der Waals surface area contributed by atoms with Crippen LogP contribution in [0.3, 0.4) is 0 Å². The largest absolute Gasteiger partial charge is 0.294 e. The Hall–Kier alpha value is -0.920. The first-order chi connectivity index (χ1) is 3.75. The molecule has 0 saturated heterocycles. The molecule has 1 aromatic carbocycles. The second-order valence-corrected chi connectivity index (χ2v) is 1.70. The minimum absolute atomic E-state index is 0.0324. The molecule has 2 nitrogen and oxygen atoms in total. The van der Waals surface area contributed by atoms with Gasteiger partial charge in [0.1, 0.15) is 0 Å². The maximum Gasteiger partial charge on any atom is 0.190 e. The summed E-state index contributed by atoms with van der Waals surface area (Å²) in [5, 5.41) is 0. The Balaban J connectivity index is 2.67. The van der Waals surface area contributed by atoms with E-state index in [1.54, 1.807) is 6.92 Å². The molecule has 0 aliphatic heterocycles. The van der Waals surface area contributed by atoms with Crippen molar-refractivity contribution in [2.45, 2.75) is 13.3 Å². The van der Waals surface area contributed by atoms with E-state index in [1.165, 1.54) is 6.07 Å². The van der Waals surface area contributed by atoms with Crippen molar-refractivity contribution in [1.29, 1.82) is 0 Å². The smallest absolute Gasteiger partial charge is 0.190 e. The van der Waals surface area contributed by atoms with Crippen LogP contribution in [0.4, 0.5) is 0 Å². The molecule has 0 saturated carbocycles. The summed E-state index contributed by atoms with van der Waals surface area (Å²) in [6.45, 7) is 1.74. The lowest BCUT2D eigenvalue weighted by Crippen LogP contribution is -1.93. The fourth-order valence-corrected chi connectivity index (χ4v) is 0.503.